The summed E-state index contributed by atoms with van der Waals surface area (Å²) in [4.78, 5) is 11.9. The van der Waals surface area contributed by atoms with E-state index in [-0.39, 0.29) is 0 Å². The lowest BCUT2D eigenvalue weighted by Crippen LogP contribution is -2.47. The fourth-order valence-corrected chi connectivity index (χ4v) is 4.96. The van der Waals surface area contributed by atoms with E-state index >= 15 is 0 Å². The van der Waals surface area contributed by atoms with Gasteiger partial charge >= 0.3 is 0 Å². The molecule has 4 rings (SSSR count). The number of nitrogens with zero attached hydrogens (tertiary/aromatic N) is 4. The van der Waals surface area contributed by atoms with Crippen LogP contribution in [0.5, 0.6) is 0 Å². The summed E-state index contributed by atoms with van der Waals surface area (Å²) >= 11 is 0. The number of hydrogen-bond donors (Lipinski definition) is 0. The third-order valence-electron chi connectivity index (χ3n) is 6.49. The van der Waals surface area contributed by atoms with Crippen LogP contribution in [0.25, 0.3) is 0 Å². The number of aromatic nitrogens is 1. The molecule has 0 amide bonds. The van der Waals surface area contributed by atoms with Gasteiger partial charge in [-0.2, -0.15) is 0 Å². The summed E-state index contributed by atoms with van der Waals surface area (Å²) in [5.74, 6) is 0.919. The Morgan fingerprint density at radius 3 is 2.44 bits per heavy atom. The quantitative estimate of drug-likeness (QED) is 0.821. The molecule has 2 saturated heterocycles. The second kappa shape index (κ2) is 8.05. The first kappa shape index (κ1) is 18.7. The summed E-state index contributed by atoms with van der Waals surface area (Å²) in [5.41, 5.74) is 3.29. The molecule has 2 fully saturated rings. The molecule has 0 radical (unpaired) electrons. The van der Waals surface area contributed by atoms with Crippen LogP contribution >= 0.6 is 0 Å². The summed E-state index contributed by atoms with van der Waals surface area (Å²) in [7, 11) is 4.48. The topological polar surface area (TPSA) is 22.6 Å². The van der Waals surface area contributed by atoms with Gasteiger partial charge in [0.2, 0.25) is 0 Å². The van der Waals surface area contributed by atoms with Gasteiger partial charge in [0, 0.05) is 31.7 Å². The average molecular weight is 345 g/mol. The van der Waals surface area contributed by atoms with Crippen LogP contribution in [0.4, 0.5) is 5.69 Å². The van der Waals surface area contributed by atoms with Gasteiger partial charge in [-0.3, -0.25) is 4.98 Å². The fourth-order valence-electron chi connectivity index (χ4n) is 4.96. The Bertz CT molecular complexity index is 543. The molecule has 25 heavy (non-hydrogen) atoms. The van der Waals surface area contributed by atoms with Crippen LogP contribution in [0.1, 0.15) is 45.1 Å². The fraction of sp³-hybridized carbons (Fsp3) is 0.762. The van der Waals surface area contributed by atoms with Crippen LogP contribution in [-0.2, 0) is 5.41 Å². The van der Waals surface area contributed by atoms with E-state index in [1.807, 2.05) is 20.0 Å². The van der Waals surface area contributed by atoms with Crippen LogP contribution in [0, 0.1) is 5.92 Å². The molecule has 0 atom stereocenters. The maximum Gasteiger partial charge on any atom is 0.0589 e. The van der Waals surface area contributed by atoms with Gasteiger partial charge in [-0.15, -0.1) is 0 Å². The van der Waals surface area contributed by atoms with Crippen molar-refractivity contribution in [1.29, 1.82) is 0 Å². The van der Waals surface area contributed by atoms with Crippen molar-refractivity contribution in [3.05, 3.63) is 24.0 Å². The predicted molar refractivity (Wildman–Crippen MR) is 106 cm³/mol. The van der Waals surface area contributed by atoms with Gasteiger partial charge in [-0.25, -0.2) is 0 Å². The van der Waals surface area contributed by atoms with Crippen LogP contribution in [0.3, 0.4) is 0 Å². The SMILES string of the molecule is CC.CN1CCC(CN2CCC3(CC2)CN(C)c2cnccc23)CC1. The summed E-state index contributed by atoms with van der Waals surface area (Å²) in [6.45, 7) is 11.6. The standard InChI is InChI=1S/C19H30N4.C2H6/c1-21-9-4-16(5-10-21)14-23-11-6-19(7-12-23)15-22(2)18-13-20-8-3-17(18)19;1-2/h3,8,13,16H,4-7,9-12,14-15H2,1-2H3;1-2H3. The number of hydrogen-bond acceptors (Lipinski definition) is 4. The molecule has 1 aromatic rings. The molecular weight excluding hydrogens is 308 g/mol. The largest absolute Gasteiger partial charge is 0.372 e. The molecule has 0 aliphatic carbocycles. The van der Waals surface area contributed by atoms with E-state index in [4.69, 9.17) is 0 Å². The van der Waals surface area contributed by atoms with Gasteiger partial charge in [0.15, 0.2) is 0 Å². The minimum atomic E-state index is 0.385. The van der Waals surface area contributed by atoms with E-state index in [9.17, 15) is 0 Å². The molecule has 3 aliphatic rings. The Morgan fingerprint density at radius 2 is 1.76 bits per heavy atom. The number of anilines is 1. The van der Waals surface area contributed by atoms with E-state index < -0.39 is 0 Å². The molecule has 0 bridgehead atoms. The van der Waals surface area contributed by atoms with Crippen molar-refractivity contribution < 1.29 is 0 Å². The Kier molecular flexibility index (Phi) is 6.00. The smallest absolute Gasteiger partial charge is 0.0589 e. The predicted octanol–water partition coefficient (Wildman–Crippen LogP) is 3.23. The molecule has 4 nitrogen and oxygen atoms in total. The summed E-state index contributed by atoms with van der Waals surface area (Å²) in [5, 5.41) is 0. The number of fused-ring (bicyclic) bond motifs is 2. The highest BCUT2D eigenvalue weighted by molar-refractivity contribution is 5.60. The van der Waals surface area contributed by atoms with Crippen LogP contribution < -0.4 is 4.90 Å². The molecule has 0 unspecified atom stereocenters. The zero-order valence-corrected chi connectivity index (χ0v) is 16.7. The number of piperidine rings is 2. The minimum absolute atomic E-state index is 0.385. The van der Waals surface area contributed by atoms with Crippen molar-refractivity contribution in [2.75, 3.05) is 58.3 Å². The Morgan fingerprint density at radius 1 is 1.08 bits per heavy atom. The maximum atomic E-state index is 4.33. The van der Waals surface area contributed by atoms with E-state index in [0.29, 0.717) is 5.41 Å². The van der Waals surface area contributed by atoms with E-state index in [0.717, 1.165) is 5.92 Å². The van der Waals surface area contributed by atoms with Crippen LogP contribution in [0.2, 0.25) is 0 Å². The molecule has 4 heteroatoms. The zero-order valence-electron chi connectivity index (χ0n) is 16.7. The number of pyridine rings is 1. The lowest BCUT2D eigenvalue weighted by molar-refractivity contribution is 0.118. The molecule has 0 aromatic carbocycles. The normalized spacial score (nSPS) is 24.1. The minimum Gasteiger partial charge on any atom is -0.372 e. The molecule has 3 aliphatic heterocycles. The van der Waals surface area contributed by atoms with Crippen LogP contribution in [-0.4, -0.2) is 68.1 Å². The first-order valence-electron chi connectivity index (χ1n) is 10.2. The van der Waals surface area contributed by atoms with Gasteiger partial charge in [-0.05, 0) is 76.5 Å². The molecule has 4 heterocycles. The van der Waals surface area contributed by atoms with Gasteiger partial charge < -0.3 is 14.7 Å². The van der Waals surface area contributed by atoms with Gasteiger partial charge in [0.05, 0.1) is 11.9 Å². The lowest BCUT2D eigenvalue weighted by Gasteiger charge is -2.41. The van der Waals surface area contributed by atoms with Crippen molar-refractivity contribution in [3.63, 3.8) is 0 Å². The molecular formula is C21H36N4. The van der Waals surface area contributed by atoms with E-state index in [2.05, 4.69) is 46.0 Å². The maximum absolute atomic E-state index is 4.33. The van der Waals surface area contributed by atoms with Crippen molar-refractivity contribution >= 4 is 5.69 Å². The third kappa shape index (κ3) is 3.85. The second-order valence-corrected chi connectivity index (χ2v) is 8.08. The third-order valence-corrected chi connectivity index (χ3v) is 6.49. The number of likely N-dealkylation sites (N-methyl/N-ethyl adjacent to an activating group) is 1. The van der Waals surface area contributed by atoms with Gasteiger partial charge in [0.1, 0.15) is 0 Å². The second-order valence-electron chi connectivity index (χ2n) is 8.08. The first-order chi connectivity index (χ1) is 12.2. The van der Waals surface area contributed by atoms with E-state index in [1.54, 1.807) is 5.56 Å². The Balaban J connectivity index is 0.000000880. The highest BCUT2D eigenvalue weighted by Gasteiger charge is 2.43. The lowest BCUT2D eigenvalue weighted by atomic mass is 9.74. The molecule has 0 N–H and O–H groups in total. The summed E-state index contributed by atoms with van der Waals surface area (Å²) in [6.07, 6.45) is 9.41. The van der Waals surface area contributed by atoms with Crippen molar-refractivity contribution in [1.82, 2.24) is 14.8 Å². The Hall–Kier alpha value is -1.13. The van der Waals surface area contributed by atoms with Crippen LogP contribution in [0.15, 0.2) is 18.5 Å². The number of likely N-dealkylation sites (tertiary alicyclic amines) is 2. The van der Waals surface area contributed by atoms with Crippen molar-refractivity contribution in [3.8, 4) is 0 Å². The highest BCUT2D eigenvalue weighted by Crippen LogP contribution is 2.46. The molecule has 1 spiro atoms. The molecule has 1 aromatic heterocycles. The number of rotatable bonds is 2. The molecule has 140 valence electrons. The molecule has 0 saturated carbocycles. The average Bonchev–Trinajstić information content (AvgIpc) is 2.93. The van der Waals surface area contributed by atoms with Gasteiger partial charge in [0.25, 0.3) is 0 Å². The zero-order chi connectivity index (χ0) is 17.9. The summed E-state index contributed by atoms with van der Waals surface area (Å²) < 4.78 is 0. The van der Waals surface area contributed by atoms with Crippen molar-refractivity contribution in [2.45, 2.75) is 44.9 Å². The van der Waals surface area contributed by atoms with Crippen molar-refractivity contribution in [2.24, 2.45) is 5.92 Å². The summed E-state index contributed by atoms with van der Waals surface area (Å²) in [6, 6.07) is 2.27. The Labute approximate surface area is 154 Å². The monoisotopic (exact) mass is 344 g/mol. The first-order valence-corrected chi connectivity index (χ1v) is 10.2. The highest BCUT2D eigenvalue weighted by atomic mass is 15.2. The van der Waals surface area contributed by atoms with E-state index in [1.165, 1.54) is 70.6 Å². The van der Waals surface area contributed by atoms with Gasteiger partial charge in [-0.1, -0.05) is 13.8 Å².